The Hall–Kier alpha value is -3.28. The maximum atomic E-state index is 13.7. The maximum absolute atomic E-state index is 13.7. The number of guanidine groups is 1. The molecule has 0 aromatic heterocycles. The summed E-state index contributed by atoms with van der Waals surface area (Å²) in [5.74, 6) is 0.210. The molecule has 1 N–H and O–H groups in total. The third-order valence-electron chi connectivity index (χ3n) is 7.74. The Morgan fingerprint density at radius 1 is 0.829 bits per heavy atom. The molecule has 12 heteroatoms. The molecule has 0 radical (unpaired) electrons. The van der Waals surface area contributed by atoms with Crippen LogP contribution in [0.1, 0.15) is 47.6 Å². The van der Waals surface area contributed by atoms with Crippen molar-refractivity contribution in [2.24, 2.45) is 0 Å². The molecule has 41 heavy (non-hydrogen) atoms. The number of hydrogen-bond acceptors (Lipinski definition) is 3. The van der Waals surface area contributed by atoms with Crippen LogP contribution in [0.25, 0.3) is 0 Å². The minimum Gasteiger partial charge on any atom is -0.344 e. The van der Waals surface area contributed by atoms with E-state index in [0.717, 1.165) is 31.5 Å². The van der Waals surface area contributed by atoms with Gasteiger partial charge in [-0.25, -0.2) is 0 Å². The summed E-state index contributed by atoms with van der Waals surface area (Å²) in [6.45, 7) is 3.87. The van der Waals surface area contributed by atoms with Crippen molar-refractivity contribution in [3.63, 3.8) is 0 Å². The van der Waals surface area contributed by atoms with Gasteiger partial charge in [-0.15, -0.1) is 0 Å². The Labute approximate surface area is 236 Å². The third-order valence-corrected chi connectivity index (χ3v) is 7.74. The summed E-state index contributed by atoms with van der Waals surface area (Å²) in [6, 6.07) is 9.99. The summed E-state index contributed by atoms with van der Waals surface area (Å²) in [7, 11) is 1.51. The summed E-state index contributed by atoms with van der Waals surface area (Å²) in [4.78, 5) is 21.2. The molecule has 0 spiro atoms. The molecular weight excluding hydrogens is 548 g/mol. The molecule has 2 fully saturated rings. The van der Waals surface area contributed by atoms with Crippen LogP contribution in [-0.4, -0.2) is 84.3 Å². The van der Waals surface area contributed by atoms with Crippen molar-refractivity contribution in [1.29, 1.82) is 5.41 Å². The van der Waals surface area contributed by atoms with Crippen LogP contribution >= 0.6 is 0 Å². The van der Waals surface area contributed by atoms with Crippen molar-refractivity contribution in [3.05, 3.63) is 70.8 Å². The van der Waals surface area contributed by atoms with Gasteiger partial charge in [0.05, 0.1) is 11.1 Å². The minimum atomic E-state index is -4.93. The van der Waals surface area contributed by atoms with Crippen molar-refractivity contribution in [1.82, 2.24) is 19.6 Å². The number of likely N-dealkylation sites (tertiary alicyclic amines) is 1. The quantitative estimate of drug-likeness (QED) is 0.277. The number of piperidine rings is 1. The number of carbonyl (C=O) groups is 1. The van der Waals surface area contributed by atoms with Gasteiger partial charge in [0.15, 0.2) is 5.96 Å². The normalized spacial score (nSPS) is 17.8. The van der Waals surface area contributed by atoms with E-state index < -0.39 is 29.5 Å². The lowest BCUT2D eigenvalue weighted by Gasteiger charge is -2.43. The van der Waals surface area contributed by atoms with Gasteiger partial charge in [0.25, 0.3) is 0 Å². The second-order valence-electron chi connectivity index (χ2n) is 10.6. The average Bonchev–Trinajstić information content (AvgIpc) is 2.96. The molecule has 4 rings (SSSR count). The van der Waals surface area contributed by atoms with Gasteiger partial charge >= 0.3 is 12.4 Å². The Morgan fingerprint density at radius 3 is 1.90 bits per heavy atom. The summed E-state index contributed by atoms with van der Waals surface area (Å²) in [6.07, 6.45) is -6.72. The second kappa shape index (κ2) is 12.7. The smallest absolute Gasteiger partial charge is 0.344 e. The zero-order chi connectivity index (χ0) is 29.8. The SMILES string of the molecule is CN(CCc1cc(C(F)(F)F)cc(C(F)(F)F)c1)C(=O)C(c1ccccc1)N1CCN(C(=N)N2CCCCC2)CC1. The minimum absolute atomic E-state index is 0.0552. The molecule has 0 saturated carbocycles. The number of nitrogens with one attached hydrogen (secondary N) is 1. The summed E-state index contributed by atoms with van der Waals surface area (Å²) in [5, 5.41) is 8.63. The average molecular weight is 584 g/mol. The fourth-order valence-electron chi connectivity index (χ4n) is 5.42. The van der Waals surface area contributed by atoms with Gasteiger partial charge in [-0.1, -0.05) is 30.3 Å². The van der Waals surface area contributed by atoms with Gasteiger partial charge in [0.2, 0.25) is 5.91 Å². The number of alkyl halides is 6. The molecule has 0 bridgehead atoms. The predicted molar refractivity (Wildman–Crippen MR) is 143 cm³/mol. The first-order chi connectivity index (χ1) is 19.3. The summed E-state index contributed by atoms with van der Waals surface area (Å²) in [5.41, 5.74) is -2.13. The first-order valence-electron chi connectivity index (χ1n) is 13.8. The molecule has 1 unspecified atom stereocenters. The number of rotatable bonds is 6. The van der Waals surface area contributed by atoms with E-state index in [4.69, 9.17) is 5.41 Å². The van der Waals surface area contributed by atoms with Gasteiger partial charge in [-0.3, -0.25) is 15.1 Å². The van der Waals surface area contributed by atoms with Gasteiger partial charge in [0, 0.05) is 52.9 Å². The molecule has 224 valence electrons. The molecule has 2 aromatic carbocycles. The van der Waals surface area contributed by atoms with E-state index in [0.29, 0.717) is 44.3 Å². The highest BCUT2D eigenvalue weighted by molar-refractivity contribution is 5.83. The molecule has 2 aliphatic rings. The van der Waals surface area contributed by atoms with Gasteiger partial charge in [-0.2, -0.15) is 26.3 Å². The fourth-order valence-corrected chi connectivity index (χ4v) is 5.42. The van der Waals surface area contributed by atoms with E-state index in [1.165, 1.54) is 18.4 Å². The standard InChI is InChI=1S/C29H35F6N5O/c1-37(13-10-21-18-23(28(30,31)32)20-24(19-21)29(33,34)35)26(41)25(22-8-4-2-5-9-22)38-14-16-40(17-15-38)27(36)39-11-6-3-7-12-39/h2,4-5,8-9,18-20,25,36H,3,6-7,10-17H2,1H3. The van der Waals surface area contributed by atoms with Crippen molar-refractivity contribution in [2.45, 2.75) is 44.1 Å². The van der Waals surface area contributed by atoms with Gasteiger partial charge in [0.1, 0.15) is 6.04 Å². The maximum Gasteiger partial charge on any atom is 0.416 e. The van der Waals surface area contributed by atoms with Gasteiger partial charge in [-0.05, 0) is 55.0 Å². The number of carbonyl (C=O) groups excluding carboxylic acids is 1. The molecule has 2 heterocycles. The van der Waals surface area contributed by atoms with Crippen LogP contribution in [-0.2, 0) is 23.6 Å². The van der Waals surface area contributed by atoms with Crippen molar-refractivity contribution < 1.29 is 31.1 Å². The van der Waals surface area contributed by atoms with Crippen LogP contribution in [0.4, 0.5) is 26.3 Å². The number of benzene rings is 2. The van der Waals surface area contributed by atoms with E-state index in [2.05, 4.69) is 4.90 Å². The molecule has 2 aliphatic heterocycles. The summed E-state index contributed by atoms with van der Waals surface area (Å²) >= 11 is 0. The van der Waals surface area contributed by atoms with Crippen LogP contribution in [0.2, 0.25) is 0 Å². The van der Waals surface area contributed by atoms with Crippen LogP contribution in [0, 0.1) is 5.41 Å². The number of halogens is 6. The van der Waals surface area contributed by atoms with Crippen LogP contribution < -0.4 is 0 Å². The lowest BCUT2D eigenvalue weighted by molar-refractivity contribution is -0.143. The van der Waals surface area contributed by atoms with Crippen LogP contribution in [0.15, 0.2) is 48.5 Å². The summed E-state index contributed by atoms with van der Waals surface area (Å²) < 4.78 is 79.7. The fraction of sp³-hybridized carbons (Fsp3) is 0.517. The Balaban J connectivity index is 1.46. The lowest BCUT2D eigenvalue weighted by Crippen LogP contribution is -2.56. The zero-order valence-electron chi connectivity index (χ0n) is 22.9. The number of nitrogens with zero attached hydrogens (tertiary/aromatic N) is 4. The Bertz CT molecular complexity index is 1160. The number of hydrogen-bond donors (Lipinski definition) is 1. The van der Waals surface area contributed by atoms with Crippen LogP contribution in [0.5, 0.6) is 0 Å². The van der Waals surface area contributed by atoms with E-state index in [1.54, 1.807) is 0 Å². The highest BCUT2D eigenvalue weighted by Crippen LogP contribution is 2.36. The number of likely N-dealkylation sites (N-methyl/N-ethyl adjacent to an activating group) is 1. The predicted octanol–water partition coefficient (Wildman–Crippen LogP) is 5.50. The van der Waals surface area contributed by atoms with E-state index in [9.17, 15) is 31.1 Å². The van der Waals surface area contributed by atoms with Gasteiger partial charge < -0.3 is 14.7 Å². The lowest BCUT2D eigenvalue weighted by atomic mass is 10.0. The number of piperazine rings is 1. The molecule has 6 nitrogen and oxygen atoms in total. The van der Waals surface area contributed by atoms with E-state index >= 15 is 0 Å². The monoisotopic (exact) mass is 583 g/mol. The van der Waals surface area contributed by atoms with Crippen molar-refractivity contribution in [2.75, 3.05) is 52.9 Å². The van der Waals surface area contributed by atoms with E-state index in [-0.39, 0.29) is 30.5 Å². The first-order valence-corrected chi connectivity index (χ1v) is 13.8. The number of amides is 1. The third kappa shape index (κ3) is 7.72. The second-order valence-corrected chi connectivity index (χ2v) is 10.6. The van der Waals surface area contributed by atoms with Crippen LogP contribution in [0.3, 0.4) is 0 Å². The molecule has 2 saturated heterocycles. The first kappa shape index (κ1) is 30.7. The highest BCUT2D eigenvalue weighted by Gasteiger charge is 2.37. The Kier molecular flexibility index (Phi) is 9.51. The molecular formula is C29H35F6N5O. The molecule has 2 aromatic rings. The van der Waals surface area contributed by atoms with Crippen molar-refractivity contribution in [3.8, 4) is 0 Å². The Morgan fingerprint density at radius 2 is 1.37 bits per heavy atom. The zero-order valence-corrected chi connectivity index (χ0v) is 22.9. The topological polar surface area (TPSA) is 53.9 Å². The molecule has 1 amide bonds. The largest absolute Gasteiger partial charge is 0.416 e. The van der Waals surface area contributed by atoms with Crippen molar-refractivity contribution >= 4 is 11.9 Å². The van der Waals surface area contributed by atoms with E-state index in [1.807, 2.05) is 40.1 Å². The highest BCUT2D eigenvalue weighted by atomic mass is 19.4. The molecule has 0 aliphatic carbocycles. The molecule has 1 atom stereocenters.